The van der Waals surface area contributed by atoms with E-state index in [4.69, 9.17) is 0 Å². The highest BCUT2D eigenvalue weighted by atomic mass is 32.2. The van der Waals surface area contributed by atoms with Crippen molar-refractivity contribution < 1.29 is 0 Å². The molecule has 0 amide bonds. The van der Waals surface area contributed by atoms with E-state index in [1.54, 1.807) is 226 Å². The van der Waals surface area contributed by atoms with Crippen molar-refractivity contribution in [2.45, 2.75) is 286 Å². The van der Waals surface area contributed by atoms with Gasteiger partial charge in [-0.1, -0.05) is 306 Å². The number of rotatable bonds is 12. The van der Waals surface area contributed by atoms with Crippen molar-refractivity contribution >= 4 is 547 Å². The van der Waals surface area contributed by atoms with E-state index in [-0.39, 0.29) is 0 Å². The van der Waals surface area contributed by atoms with Crippen molar-refractivity contribution in [3.8, 4) is 0 Å². The maximum atomic E-state index is 2.66. The molecule has 19 rings (SSSR count). The third-order valence-corrected chi connectivity index (χ3v) is 85.5. The van der Waals surface area contributed by atoms with Crippen LogP contribution in [0.25, 0.3) is 113 Å². The average Bonchev–Trinajstić information content (AvgIpc) is 1.55. The summed E-state index contributed by atoms with van der Waals surface area (Å²) in [6.45, 7) is 95.6. The molecule has 18 aromatic heterocycles. The molecule has 0 nitrogen and oxygen atoms in total. The summed E-state index contributed by atoms with van der Waals surface area (Å²) >= 11 is 52.9. The molecule has 0 radical (unpaired) electrons. The second kappa shape index (κ2) is 30.0. The predicted octanol–water partition coefficient (Wildman–Crippen LogP) is 34.4. The van der Waals surface area contributed by atoms with Crippen molar-refractivity contribution in [2.75, 3.05) is 0 Å². The molecule has 19 heterocycles. The monoisotopic (exact) mass is 2220 g/mol. The van der Waals surface area contributed by atoms with Crippen LogP contribution in [-0.2, 0) is 0 Å². The summed E-state index contributed by atoms with van der Waals surface area (Å²) in [7, 11) is -22.5. The van der Waals surface area contributed by atoms with Crippen molar-refractivity contribution in [3.63, 3.8) is 0 Å². The van der Waals surface area contributed by atoms with Crippen LogP contribution in [0.15, 0.2) is 50.5 Å². The molecule has 36 heteroatoms. The first-order chi connectivity index (χ1) is 55.1. The smallest absolute Gasteiger partial charge is 0.0821 e. The second-order valence-corrected chi connectivity index (χ2v) is 133. The summed E-state index contributed by atoms with van der Waals surface area (Å²) in [6.07, 6.45) is 0. The molecular formula is C84H108S24Si12. The number of hydrogen-bond donors (Lipinski definition) is 0. The molecule has 0 unspecified atom stereocenters. The van der Waals surface area contributed by atoms with Gasteiger partial charge in [-0.3, -0.25) is 0 Å². The lowest BCUT2D eigenvalue weighted by Crippen LogP contribution is -2.39. The van der Waals surface area contributed by atoms with Gasteiger partial charge >= 0.3 is 0 Å². The molecule has 0 aliphatic carbocycles. The normalized spacial score (nSPS) is 15.3. The first-order valence-corrected chi connectivity index (χ1v) is 103. The van der Waals surface area contributed by atoms with E-state index < -0.39 is 96.9 Å². The van der Waals surface area contributed by atoms with Crippen LogP contribution in [-0.4, -0.2) is 96.9 Å². The van der Waals surface area contributed by atoms with Crippen LogP contribution in [0.2, 0.25) is 236 Å². The number of fused-ring (bicyclic) bond motifs is 12. The second-order valence-electron chi connectivity index (χ2n) is 45.3. The molecular weight excluding hydrogens is 2120 g/mol. The Hall–Kier alpha value is 2.42. The standard InChI is InChI=1S/C84H108S24Si12/c1-109(2,3)61-49-37-38-50(85-49)62(110(4,5)6)75(92-38)104-76-65(113(13,14)15)53-41(95-76)42-54(87-53)67(115(19,20)21)79(96-42)106-80-69(117(25,26)27)57-45(99-80)46-58(89-57)71(119(31,32)33)83(100-46)108-84-72(120(34,35)36)60-48(102-84)47-59(90-60)70(118(28,29)30)82(101-47)107-81-68(116(22,23)24)56-44(98-81)43-55(88-56)66(114(16,17)18)78(97-43)105-77-64(112(10,11)12)52-40(94-77)39-51(86-52)63(111(7,8)9)74(93-39)103-73(61)91-37/h1-36H3. The molecule has 0 atom stereocenters. The molecule has 24 bridgehead atoms. The SMILES string of the molecule is C[Si](C)(C)c1c2sc3c1sc1c([Si](C)(C)C)c(sc13)Sc1sc3c(sc4c([Si](C)(C)C)c(sc43)Sc3sc4c(sc5c([Si](C)(C)C)c(sc54)Sc4sc5c(sc6c([Si](C)(C)C)c(sc65)Sc5sc6c(sc7c([Si](C)(C)C)c(sc76)Sc6sc7c(sc8c([Si](C)(C)C)c(sc87)S2)c6[Si](C)(C)C)c5[Si](C)(C)C)c4[Si](C)(C)C)c3[Si](C)(C)C)c1[Si](C)(C)C. The van der Waals surface area contributed by atoms with E-state index in [2.05, 4.69) is 510 Å². The van der Waals surface area contributed by atoms with Gasteiger partial charge in [0.05, 0.1) is 204 Å². The highest BCUT2D eigenvalue weighted by Crippen LogP contribution is 2.60. The lowest BCUT2D eigenvalue weighted by atomic mass is 10.5. The molecule has 0 fully saturated rings. The van der Waals surface area contributed by atoms with Gasteiger partial charge in [0.2, 0.25) is 0 Å². The fourth-order valence-electron chi connectivity index (χ4n) is 17.5. The molecule has 0 saturated carbocycles. The van der Waals surface area contributed by atoms with E-state index in [1.807, 2.05) is 0 Å². The molecule has 0 spiro atoms. The van der Waals surface area contributed by atoms with Crippen LogP contribution in [0.5, 0.6) is 0 Å². The zero-order valence-electron chi connectivity index (χ0n) is 75.8. The van der Waals surface area contributed by atoms with Gasteiger partial charge in [-0.25, -0.2) is 0 Å². The molecule has 0 saturated heterocycles. The van der Waals surface area contributed by atoms with E-state index in [0.717, 1.165) is 0 Å². The lowest BCUT2D eigenvalue weighted by Gasteiger charge is -2.21. The largest absolute Gasteiger partial charge is 0.134 e. The maximum Gasteiger partial charge on any atom is 0.0821 e. The van der Waals surface area contributed by atoms with E-state index in [0.29, 0.717) is 0 Å². The van der Waals surface area contributed by atoms with Crippen LogP contribution in [0.4, 0.5) is 0 Å². The van der Waals surface area contributed by atoms with Crippen molar-refractivity contribution in [3.05, 3.63) is 0 Å². The molecule has 0 N–H and O–H groups in total. The zero-order chi connectivity index (χ0) is 86.7. The van der Waals surface area contributed by atoms with Crippen molar-refractivity contribution in [1.82, 2.24) is 0 Å². The molecule has 0 aromatic carbocycles. The summed E-state index contributed by atoms with van der Waals surface area (Å²) in [5.74, 6) is 0. The maximum absolute atomic E-state index is 2.66. The highest BCUT2D eigenvalue weighted by Gasteiger charge is 2.45. The third-order valence-electron chi connectivity index (χ3n) is 22.6. The fraction of sp³-hybridized carbons (Fsp3) is 0.429. The summed E-state index contributed by atoms with van der Waals surface area (Å²) in [5.41, 5.74) is 0. The molecule has 120 heavy (non-hydrogen) atoms. The fourth-order valence-corrected chi connectivity index (χ4v) is 109. The Bertz CT molecular complexity index is 5820. The summed E-state index contributed by atoms with van der Waals surface area (Å²) in [4.78, 5) is 0. The highest BCUT2D eigenvalue weighted by molar-refractivity contribution is 8.06. The van der Waals surface area contributed by atoms with Crippen molar-refractivity contribution in [1.29, 1.82) is 0 Å². The van der Waals surface area contributed by atoms with Gasteiger partial charge < -0.3 is 0 Å². The molecule has 1 aliphatic heterocycles. The van der Waals surface area contributed by atoms with Gasteiger partial charge in [0.15, 0.2) is 0 Å². The van der Waals surface area contributed by atoms with Gasteiger partial charge in [0.1, 0.15) is 0 Å². The van der Waals surface area contributed by atoms with Crippen molar-refractivity contribution in [2.24, 2.45) is 0 Å². The Morgan fingerprint density at radius 3 is 0.217 bits per heavy atom. The Balaban J connectivity index is 0.840. The topological polar surface area (TPSA) is 0 Å². The minimum absolute atomic E-state index is 1.59. The first-order valence-electron chi connectivity index (χ1n) is 41.3. The van der Waals surface area contributed by atoms with Gasteiger partial charge in [-0.15, -0.1) is 204 Å². The average molecular weight is 2220 g/mol. The first kappa shape index (κ1) is 91.5. The Kier molecular flexibility index (Phi) is 22.9. The predicted molar refractivity (Wildman–Crippen MR) is 631 cm³/mol. The van der Waals surface area contributed by atoms with Gasteiger partial charge in [0, 0.05) is 56.4 Å². The quantitative estimate of drug-likeness (QED) is 0.111. The lowest BCUT2D eigenvalue weighted by molar-refractivity contribution is 1.67. The Morgan fingerprint density at radius 1 is 0.0917 bits per heavy atom. The minimum atomic E-state index is -1.88. The van der Waals surface area contributed by atoms with E-state index in [9.17, 15) is 0 Å². The summed E-state index contributed by atoms with van der Waals surface area (Å²) < 4.78 is 57.7. The summed E-state index contributed by atoms with van der Waals surface area (Å²) in [5, 5.41) is 20.7. The third kappa shape index (κ3) is 15.0. The number of thiophene rings is 18. The Labute approximate surface area is 820 Å². The molecule has 1 aliphatic rings. The van der Waals surface area contributed by atoms with Crippen LogP contribution in [0, 0.1) is 0 Å². The minimum Gasteiger partial charge on any atom is -0.134 e. The molecule has 636 valence electrons. The van der Waals surface area contributed by atoms with E-state index >= 15 is 0 Å². The van der Waals surface area contributed by atoms with Crippen LogP contribution in [0.1, 0.15) is 0 Å². The van der Waals surface area contributed by atoms with Crippen LogP contribution >= 0.6 is 275 Å². The number of hydrogen-bond acceptors (Lipinski definition) is 24. The van der Waals surface area contributed by atoms with Crippen LogP contribution < -0.4 is 62.2 Å². The summed E-state index contributed by atoms with van der Waals surface area (Å²) in [6, 6.07) is 0. The molecule has 18 aromatic rings. The van der Waals surface area contributed by atoms with Gasteiger partial charge in [-0.05, 0) is 62.2 Å². The van der Waals surface area contributed by atoms with Gasteiger partial charge in [-0.2, -0.15) is 0 Å². The van der Waals surface area contributed by atoms with Crippen LogP contribution in [0.3, 0.4) is 0 Å². The van der Waals surface area contributed by atoms with E-state index in [1.165, 1.54) is 0 Å². The Morgan fingerprint density at radius 2 is 0.158 bits per heavy atom. The van der Waals surface area contributed by atoms with Gasteiger partial charge in [0.25, 0.3) is 0 Å². The zero-order valence-corrected chi connectivity index (χ0v) is 107.